The van der Waals surface area contributed by atoms with Crippen molar-refractivity contribution in [2.75, 3.05) is 6.54 Å². The first-order valence-electron chi connectivity index (χ1n) is 7.66. The number of ether oxygens (including phenoxy) is 1. The van der Waals surface area contributed by atoms with Gasteiger partial charge in [0, 0.05) is 23.7 Å². The van der Waals surface area contributed by atoms with Crippen molar-refractivity contribution in [3.05, 3.63) is 0 Å². The predicted molar refractivity (Wildman–Crippen MR) is 79.4 cm³/mol. The van der Waals surface area contributed by atoms with Crippen LogP contribution in [0.1, 0.15) is 53.4 Å². The van der Waals surface area contributed by atoms with Crippen LogP contribution in [-0.4, -0.2) is 41.8 Å². The monoisotopic (exact) mass is 283 g/mol. The fraction of sp³-hybridized carbons (Fsp3) is 0.933. The van der Waals surface area contributed by atoms with Gasteiger partial charge >= 0.3 is 0 Å². The van der Waals surface area contributed by atoms with Gasteiger partial charge in [-0.1, -0.05) is 0 Å². The molecule has 2 fully saturated rings. The normalized spacial score (nSPS) is 33.0. The van der Waals surface area contributed by atoms with Crippen molar-refractivity contribution in [2.24, 2.45) is 5.73 Å². The van der Waals surface area contributed by atoms with Gasteiger partial charge in [-0.25, -0.2) is 0 Å². The molecule has 1 amide bonds. The summed E-state index contributed by atoms with van der Waals surface area (Å²) in [5, 5.41) is 6.79. The minimum absolute atomic E-state index is 0.0273. The second kappa shape index (κ2) is 5.62. The second-order valence-electron chi connectivity index (χ2n) is 7.57. The zero-order valence-corrected chi connectivity index (χ0v) is 13.2. The maximum absolute atomic E-state index is 12.3. The summed E-state index contributed by atoms with van der Waals surface area (Å²) in [5.41, 5.74) is 5.66. The summed E-state index contributed by atoms with van der Waals surface area (Å²) >= 11 is 0. The highest BCUT2D eigenvalue weighted by atomic mass is 16.5. The summed E-state index contributed by atoms with van der Waals surface area (Å²) in [7, 11) is 0. The van der Waals surface area contributed by atoms with E-state index in [2.05, 4.69) is 38.3 Å². The topological polar surface area (TPSA) is 76.4 Å². The van der Waals surface area contributed by atoms with Crippen molar-refractivity contribution >= 4 is 5.91 Å². The zero-order chi connectivity index (χ0) is 15.0. The Morgan fingerprint density at radius 1 is 1.25 bits per heavy atom. The Bertz CT molecular complexity index is 352. The molecule has 0 aromatic rings. The van der Waals surface area contributed by atoms with E-state index < -0.39 is 0 Å². The van der Waals surface area contributed by atoms with E-state index in [4.69, 9.17) is 10.5 Å². The molecule has 2 heterocycles. The molecule has 116 valence electrons. The lowest BCUT2D eigenvalue weighted by Gasteiger charge is -2.46. The van der Waals surface area contributed by atoms with Gasteiger partial charge in [0.05, 0.1) is 6.10 Å². The van der Waals surface area contributed by atoms with Crippen molar-refractivity contribution in [3.8, 4) is 0 Å². The molecule has 0 radical (unpaired) electrons. The minimum atomic E-state index is -0.315. The molecule has 2 aliphatic rings. The van der Waals surface area contributed by atoms with Crippen LogP contribution >= 0.6 is 0 Å². The van der Waals surface area contributed by atoms with E-state index in [9.17, 15) is 4.79 Å². The third kappa shape index (κ3) is 3.93. The van der Waals surface area contributed by atoms with Crippen molar-refractivity contribution in [1.82, 2.24) is 10.6 Å². The summed E-state index contributed by atoms with van der Waals surface area (Å²) in [5.74, 6) is 0.0273. The minimum Gasteiger partial charge on any atom is -0.364 e. The molecule has 0 aromatic carbocycles. The van der Waals surface area contributed by atoms with Gasteiger partial charge in [0.15, 0.2) is 0 Å². The molecule has 0 spiro atoms. The molecule has 2 aliphatic heterocycles. The second-order valence-corrected chi connectivity index (χ2v) is 7.57. The number of hydrogen-bond donors (Lipinski definition) is 3. The molecule has 0 aliphatic carbocycles. The first-order valence-corrected chi connectivity index (χ1v) is 7.66. The number of nitrogens with two attached hydrogens (primary N) is 1. The molecule has 2 unspecified atom stereocenters. The molecule has 5 nitrogen and oxygen atoms in total. The maximum atomic E-state index is 12.3. The number of amides is 1. The molecule has 2 atom stereocenters. The van der Waals surface area contributed by atoms with Crippen molar-refractivity contribution < 1.29 is 9.53 Å². The van der Waals surface area contributed by atoms with Crippen LogP contribution in [0.25, 0.3) is 0 Å². The first kappa shape index (κ1) is 15.7. The molecule has 0 aromatic heterocycles. The number of carbonyl (C=O) groups excluding carboxylic acids is 1. The van der Waals surface area contributed by atoms with E-state index in [1.54, 1.807) is 0 Å². The van der Waals surface area contributed by atoms with Crippen LogP contribution in [0.3, 0.4) is 0 Å². The predicted octanol–water partition coefficient (Wildman–Crippen LogP) is 0.918. The summed E-state index contributed by atoms with van der Waals surface area (Å²) in [6.07, 6.45) is 3.28. The molecule has 0 bridgehead atoms. The number of hydrogen-bond acceptors (Lipinski definition) is 4. The summed E-state index contributed by atoms with van der Waals surface area (Å²) in [6, 6.07) is 0.203. The smallest absolute Gasteiger partial charge is 0.249 e. The van der Waals surface area contributed by atoms with Crippen LogP contribution in [-0.2, 0) is 9.53 Å². The Morgan fingerprint density at radius 3 is 2.35 bits per heavy atom. The van der Waals surface area contributed by atoms with Crippen molar-refractivity contribution in [3.63, 3.8) is 0 Å². The van der Waals surface area contributed by atoms with E-state index in [-0.39, 0.29) is 35.2 Å². The van der Waals surface area contributed by atoms with Gasteiger partial charge in [-0.15, -0.1) is 0 Å². The number of nitrogens with one attached hydrogen (secondary N) is 2. The lowest BCUT2D eigenvalue weighted by atomic mass is 9.79. The van der Waals surface area contributed by atoms with E-state index in [0.29, 0.717) is 6.54 Å². The van der Waals surface area contributed by atoms with Crippen LogP contribution in [0.5, 0.6) is 0 Å². The fourth-order valence-corrected chi connectivity index (χ4v) is 3.79. The lowest BCUT2D eigenvalue weighted by Crippen LogP contribution is -2.62. The highest BCUT2D eigenvalue weighted by Crippen LogP contribution is 2.29. The summed E-state index contributed by atoms with van der Waals surface area (Å²) < 4.78 is 5.67. The molecule has 5 heteroatoms. The van der Waals surface area contributed by atoms with E-state index >= 15 is 0 Å². The van der Waals surface area contributed by atoms with Gasteiger partial charge in [0.2, 0.25) is 5.91 Å². The molecule has 20 heavy (non-hydrogen) atoms. The number of rotatable bonds is 3. The Labute approximate surface area is 122 Å². The average Bonchev–Trinajstić information content (AvgIpc) is 2.72. The van der Waals surface area contributed by atoms with E-state index in [1.807, 2.05) is 0 Å². The SMILES string of the molecule is CC1(C)CC(NC(=O)C2CCC(CN)O2)CC(C)(C)N1. The van der Waals surface area contributed by atoms with Gasteiger partial charge in [-0.05, 0) is 53.4 Å². The number of carbonyl (C=O) groups is 1. The molecular formula is C15H29N3O2. The highest BCUT2D eigenvalue weighted by Gasteiger charge is 2.39. The lowest BCUT2D eigenvalue weighted by molar-refractivity contribution is -0.133. The fourth-order valence-electron chi connectivity index (χ4n) is 3.79. The third-order valence-electron chi connectivity index (χ3n) is 4.20. The van der Waals surface area contributed by atoms with Crippen LogP contribution < -0.4 is 16.4 Å². The van der Waals surface area contributed by atoms with Crippen molar-refractivity contribution in [1.29, 1.82) is 0 Å². The van der Waals surface area contributed by atoms with Gasteiger partial charge in [0.1, 0.15) is 6.10 Å². The highest BCUT2D eigenvalue weighted by molar-refractivity contribution is 5.81. The average molecular weight is 283 g/mol. The van der Waals surface area contributed by atoms with E-state index in [1.165, 1.54) is 0 Å². The summed E-state index contributed by atoms with van der Waals surface area (Å²) in [6.45, 7) is 9.23. The van der Waals surface area contributed by atoms with Crippen LogP contribution in [0.15, 0.2) is 0 Å². The molecule has 0 saturated carbocycles. The van der Waals surface area contributed by atoms with Crippen molar-refractivity contribution in [2.45, 2.75) is 82.7 Å². The van der Waals surface area contributed by atoms with Gasteiger partial charge in [0.25, 0.3) is 0 Å². The van der Waals surface area contributed by atoms with Crippen LogP contribution in [0, 0.1) is 0 Å². The zero-order valence-electron chi connectivity index (χ0n) is 13.2. The Morgan fingerprint density at radius 2 is 1.85 bits per heavy atom. The molecule has 2 saturated heterocycles. The first-order chi connectivity index (χ1) is 9.21. The van der Waals surface area contributed by atoms with Gasteiger partial charge in [-0.3, -0.25) is 4.79 Å². The standard InChI is InChI=1S/C15H29N3O2/c1-14(2)7-10(8-15(3,4)18-14)17-13(19)12-6-5-11(9-16)20-12/h10-12,18H,5-9,16H2,1-4H3,(H,17,19). The maximum Gasteiger partial charge on any atom is 0.249 e. The molecule has 2 rings (SSSR count). The quantitative estimate of drug-likeness (QED) is 0.720. The Hall–Kier alpha value is -0.650. The summed E-state index contributed by atoms with van der Waals surface area (Å²) in [4.78, 5) is 12.3. The molecular weight excluding hydrogens is 254 g/mol. The molecule has 4 N–H and O–H groups in total. The third-order valence-corrected chi connectivity index (χ3v) is 4.20. The Kier molecular flexibility index (Phi) is 4.42. The van der Waals surface area contributed by atoms with E-state index in [0.717, 1.165) is 25.7 Å². The van der Waals surface area contributed by atoms with Gasteiger partial charge in [-0.2, -0.15) is 0 Å². The number of piperidine rings is 1. The Balaban J connectivity index is 1.91. The van der Waals surface area contributed by atoms with Crippen LogP contribution in [0.4, 0.5) is 0 Å². The van der Waals surface area contributed by atoms with Crippen LogP contribution in [0.2, 0.25) is 0 Å². The largest absolute Gasteiger partial charge is 0.364 e. The van der Waals surface area contributed by atoms with Gasteiger partial charge < -0.3 is 21.1 Å².